The molecule has 2 amide bonds. The summed E-state index contributed by atoms with van der Waals surface area (Å²) in [6.45, 7) is 6.78. The molecule has 0 bridgehead atoms. The van der Waals surface area contributed by atoms with E-state index < -0.39 is 6.04 Å². The van der Waals surface area contributed by atoms with Crippen molar-refractivity contribution in [3.63, 3.8) is 0 Å². The second kappa shape index (κ2) is 13.6. The topological polar surface area (TPSA) is 49.4 Å². The van der Waals surface area contributed by atoms with Gasteiger partial charge >= 0.3 is 0 Å². The second-order valence-electron chi connectivity index (χ2n) is 9.58. The third kappa shape index (κ3) is 8.19. The molecule has 1 aliphatic carbocycles. The summed E-state index contributed by atoms with van der Waals surface area (Å²) in [5.41, 5.74) is 4.92. The van der Waals surface area contributed by atoms with Crippen molar-refractivity contribution in [2.45, 2.75) is 83.6 Å². The van der Waals surface area contributed by atoms with E-state index >= 15 is 0 Å². The molecule has 2 aromatic carbocycles. The van der Waals surface area contributed by atoms with E-state index in [4.69, 9.17) is 0 Å². The minimum Gasteiger partial charge on any atom is -0.352 e. The number of nitrogens with zero attached hydrogens (tertiary/aromatic N) is 1. The Morgan fingerprint density at radius 1 is 1.00 bits per heavy atom. The van der Waals surface area contributed by atoms with Crippen molar-refractivity contribution in [3.8, 4) is 0 Å². The van der Waals surface area contributed by atoms with Crippen molar-refractivity contribution in [1.82, 2.24) is 10.2 Å². The monoisotopic (exact) mass is 480 g/mol. The van der Waals surface area contributed by atoms with Gasteiger partial charge in [0.2, 0.25) is 11.8 Å². The first-order valence-corrected chi connectivity index (χ1v) is 13.9. The highest BCUT2D eigenvalue weighted by Gasteiger charge is 2.29. The number of hydrogen-bond donors (Lipinski definition) is 1. The van der Waals surface area contributed by atoms with Gasteiger partial charge in [-0.3, -0.25) is 9.59 Å². The van der Waals surface area contributed by atoms with E-state index in [1.807, 2.05) is 30.0 Å². The third-order valence-electron chi connectivity index (χ3n) is 6.60. The first-order chi connectivity index (χ1) is 16.5. The Labute approximate surface area is 209 Å². The van der Waals surface area contributed by atoms with Crippen LogP contribution in [-0.2, 0) is 21.8 Å². The Balaban J connectivity index is 1.65. The summed E-state index contributed by atoms with van der Waals surface area (Å²) in [7, 11) is 0. The summed E-state index contributed by atoms with van der Waals surface area (Å²) in [4.78, 5) is 28.5. The molecule has 184 valence electrons. The Kier molecular flexibility index (Phi) is 10.5. The zero-order chi connectivity index (χ0) is 24.3. The molecular weight excluding hydrogens is 440 g/mol. The zero-order valence-electron chi connectivity index (χ0n) is 21.0. The quantitative estimate of drug-likeness (QED) is 0.440. The van der Waals surface area contributed by atoms with Crippen molar-refractivity contribution in [3.05, 3.63) is 70.8 Å². The fraction of sp³-hybridized carbons (Fsp3) is 0.517. The minimum atomic E-state index is -0.417. The van der Waals surface area contributed by atoms with E-state index in [1.165, 1.54) is 41.5 Å². The van der Waals surface area contributed by atoms with Crippen LogP contribution in [0.25, 0.3) is 0 Å². The maximum atomic E-state index is 13.4. The largest absolute Gasteiger partial charge is 0.352 e. The van der Waals surface area contributed by atoms with Gasteiger partial charge in [0.1, 0.15) is 6.04 Å². The average molecular weight is 481 g/mol. The Hall–Kier alpha value is -2.27. The Morgan fingerprint density at radius 3 is 2.32 bits per heavy atom. The SMILES string of the molecule is CC[C@@H](C(=O)NC1CCCCC1)N(CCc1ccccc1)C(=O)CSCc1cc(C)cc(C)c1. The van der Waals surface area contributed by atoms with Crippen LogP contribution < -0.4 is 5.32 Å². The number of carbonyl (C=O) groups excluding carboxylic acids is 2. The van der Waals surface area contributed by atoms with Crippen LogP contribution in [0.15, 0.2) is 48.5 Å². The van der Waals surface area contributed by atoms with Crippen LogP contribution in [0, 0.1) is 13.8 Å². The van der Waals surface area contributed by atoms with Crippen LogP contribution in [0.3, 0.4) is 0 Å². The maximum Gasteiger partial charge on any atom is 0.243 e. The molecule has 0 radical (unpaired) electrons. The van der Waals surface area contributed by atoms with E-state index in [1.54, 1.807) is 11.8 Å². The van der Waals surface area contributed by atoms with Gasteiger partial charge in [-0.05, 0) is 50.7 Å². The molecule has 5 heteroatoms. The van der Waals surface area contributed by atoms with E-state index in [2.05, 4.69) is 49.5 Å². The average Bonchev–Trinajstić information content (AvgIpc) is 2.82. The highest BCUT2D eigenvalue weighted by molar-refractivity contribution is 7.99. The highest BCUT2D eigenvalue weighted by atomic mass is 32.2. The molecule has 0 aliphatic heterocycles. The number of amides is 2. The van der Waals surface area contributed by atoms with Crippen molar-refractivity contribution in [2.24, 2.45) is 0 Å². The molecule has 0 aromatic heterocycles. The normalized spacial score (nSPS) is 15.0. The van der Waals surface area contributed by atoms with Gasteiger partial charge in [-0.25, -0.2) is 0 Å². The van der Waals surface area contributed by atoms with E-state index in [0.717, 1.165) is 25.0 Å². The number of nitrogens with one attached hydrogen (secondary N) is 1. The van der Waals surface area contributed by atoms with Gasteiger partial charge in [0.05, 0.1) is 5.75 Å². The Morgan fingerprint density at radius 2 is 1.68 bits per heavy atom. The molecule has 0 heterocycles. The van der Waals surface area contributed by atoms with Gasteiger partial charge in [-0.2, -0.15) is 0 Å². The van der Waals surface area contributed by atoms with Crippen LogP contribution >= 0.6 is 11.8 Å². The minimum absolute atomic E-state index is 0.00937. The van der Waals surface area contributed by atoms with Gasteiger partial charge in [0.25, 0.3) is 0 Å². The van der Waals surface area contributed by atoms with Crippen molar-refractivity contribution < 1.29 is 9.59 Å². The van der Waals surface area contributed by atoms with Crippen LogP contribution in [0.5, 0.6) is 0 Å². The number of carbonyl (C=O) groups is 2. The lowest BCUT2D eigenvalue weighted by Gasteiger charge is -2.32. The van der Waals surface area contributed by atoms with Gasteiger partial charge in [-0.15, -0.1) is 11.8 Å². The highest BCUT2D eigenvalue weighted by Crippen LogP contribution is 2.20. The molecule has 1 atom stereocenters. The number of benzene rings is 2. The molecule has 0 saturated heterocycles. The molecule has 34 heavy (non-hydrogen) atoms. The third-order valence-corrected chi connectivity index (χ3v) is 7.59. The molecular formula is C29H40N2O2S. The summed E-state index contributed by atoms with van der Waals surface area (Å²) in [6.07, 6.45) is 7.07. The Bertz CT molecular complexity index is 905. The summed E-state index contributed by atoms with van der Waals surface area (Å²) in [5.74, 6) is 1.24. The lowest BCUT2D eigenvalue weighted by Crippen LogP contribution is -2.52. The molecule has 3 rings (SSSR count). The number of thioether (sulfide) groups is 1. The van der Waals surface area contributed by atoms with Crippen molar-refractivity contribution in [2.75, 3.05) is 12.3 Å². The van der Waals surface area contributed by atoms with Crippen LogP contribution in [0.4, 0.5) is 0 Å². The first-order valence-electron chi connectivity index (χ1n) is 12.7. The first kappa shape index (κ1) is 26.3. The van der Waals surface area contributed by atoms with Crippen molar-refractivity contribution >= 4 is 23.6 Å². The van der Waals surface area contributed by atoms with Crippen LogP contribution in [0.1, 0.15) is 67.7 Å². The van der Waals surface area contributed by atoms with Gasteiger partial charge < -0.3 is 10.2 Å². The lowest BCUT2D eigenvalue weighted by atomic mass is 9.95. The maximum absolute atomic E-state index is 13.4. The predicted molar refractivity (Wildman–Crippen MR) is 143 cm³/mol. The summed E-state index contributed by atoms with van der Waals surface area (Å²) >= 11 is 1.63. The van der Waals surface area contributed by atoms with Crippen LogP contribution in [0.2, 0.25) is 0 Å². The van der Waals surface area contributed by atoms with Crippen LogP contribution in [-0.4, -0.2) is 41.1 Å². The van der Waals surface area contributed by atoms with Gasteiger partial charge in [0, 0.05) is 18.3 Å². The second-order valence-corrected chi connectivity index (χ2v) is 10.6. The fourth-order valence-corrected chi connectivity index (χ4v) is 5.78. The number of hydrogen-bond acceptors (Lipinski definition) is 3. The zero-order valence-corrected chi connectivity index (χ0v) is 21.8. The molecule has 1 aliphatic rings. The summed E-state index contributed by atoms with van der Waals surface area (Å²) in [6, 6.07) is 16.6. The molecule has 1 fully saturated rings. The molecule has 1 N–H and O–H groups in total. The fourth-order valence-electron chi connectivity index (χ4n) is 4.93. The van der Waals surface area contributed by atoms with Gasteiger partial charge in [-0.1, -0.05) is 85.8 Å². The standard InChI is InChI=1S/C29H40N2O2S/c1-4-27(29(33)30-26-13-9-6-10-14-26)31(16-15-24-11-7-5-8-12-24)28(32)21-34-20-25-18-22(2)17-23(3)19-25/h5,7-8,11-12,17-19,26-27H,4,6,9-10,13-16,20-21H2,1-3H3,(H,30,33)/t27-/m0/s1. The summed E-state index contributed by atoms with van der Waals surface area (Å²) in [5, 5.41) is 3.26. The summed E-state index contributed by atoms with van der Waals surface area (Å²) < 4.78 is 0. The molecule has 0 spiro atoms. The van der Waals surface area contributed by atoms with E-state index in [9.17, 15) is 9.59 Å². The van der Waals surface area contributed by atoms with Crippen molar-refractivity contribution in [1.29, 1.82) is 0 Å². The molecule has 4 nitrogen and oxygen atoms in total. The van der Waals surface area contributed by atoms with E-state index in [-0.39, 0.29) is 17.9 Å². The molecule has 1 saturated carbocycles. The molecule has 2 aromatic rings. The van der Waals surface area contributed by atoms with E-state index in [0.29, 0.717) is 18.7 Å². The van der Waals surface area contributed by atoms with Gasteiger partial charge in [0.15, 0.2) is 0 Å². The predicted octanol–water partition coefficient (Wildman–Crippen LogP) is 5.84. The smallest absolute Gasteiger partial charge is 0.243 e. The molecule has 0 unspecified atom stereocenters. The number of rotatable bonds is 11. The lowest BCUT2D eigenvalue weighted by molar-refractivity contribution is -0.139. The number of aryl methyl sites for hydroxylation is 2.